The van der Waals surface area contributed by atoms with Gasteiger partial charge in [0.25, 0.3) is 5.91 Å². The van der Waals surface area contributed by atoms with Gasteiger partial charge in [-0.3, -0.25) is 4.79 Å². The highest BCUT2D eigenvalue weighted by molar-refractivity contribution is 6.39. The van der Waals surface area contributed by atoms with Crippen molar-refractivity contribution in [3.05, 3.63) is 51.6 Å². The summed E-state index contributed by atoms with van der Waals surface area (Å²) in [6.07, 6.45) is 1.62. The quantitative estimate of drug-likeness (QED) is 0.833. The van der Waals surface area contributed by atoms with Gasteiger partial charge in [0.05, 0.1) is 15.7 Å². The third-order valence-corrected chi connectivity index (χ3v) is 3.12. The Balaban J connectivity index is 2.25. The molecule has 19 heavy (non-hydrogen) atoms. The fraction of sp³-hybridized carbons (Fsp3) is 0.0769. The van der Waals surface area contributed by atoms with Crippen LogP contribution in [0.15, 0.2) is 30.5 Å². The van der Waals surface area contributed by atoms with Crippen LogP contribution >= 0.6 is 23.2 Å². The van der Waals surface area contributed by atoms with Crippen molar-refractivity contribution in [1.82, 2.24) is 4.98 Å². The molecule has 1 heterocycles. The predicted octanol–water partition coefficient (Wildman–Crippen LogP) is 3.53. The van der Waals surface area contributed by atoms with Crippen LogP contribution in [0.5, 0.6) is 0 Å². The summed E-state index contributed by atoms with van der Waals surface area (Å²) in [5, 5.41) is 3.16. The fourth-order valence-electron chi connectivity index (χ4n) is 1.51. The second-order valence-corrected chi connectivity index (χ2v) is 4.84. The van der Waals surface area contributed by atoms with Gasteiger partial charge in [-0.1, -0.05) is 23.2 Å². The number of nitrogens with two attached hydrogens (primary N) is 1. The summed E-state index contributed by atoms with van der Waals surface area (Å²) in [6, 6.07) is 6.53. The van der Waals surface area contributed by atoms with E-state index in [9.17, 15) is 4.79 Å². The lowest BCUT2D eigenvalue weighted by atomic mass is 10.2. The minimum Gasteiger partial charge on any atom is -0.396 e. The normalized spacial score (nSPS) is 10.3. The summed E-state index contributed by atoms with van der Waals surface area (Å²) in [5.74, 6) is 0.121. The van der Waals surface area contributed by atoms with E-state index in [1.54, 1.807) is 12.3 Å². The number of carbonyl (C=O) groups is 1. The maximum absolute atomic E-state index is 12.0. The summed E-state index contributed by atoms with van der Waals surface area (Å²) in [6.45, 7) is 1.91. The molecule has 3 N–H and O–H groups in total. The SMILES string of the molecule is Cc1ccnc(NC(=O)c2cc(Cl)c(N)c(Cl)c2)c1. The van der Waals surface area contributed by atoms with E-state index < -0.39 is 0 Å². The summed E-state index contributed by atoms with van der Waals surface area (Å²) in [4.78, 5) is 16.1. The molecule has 98 valence electrons. The Morgan fingerprint density at radius 3 is 2.47 bits per heavy atom. The van der Waals surface area contributed by atoms with Gasteiger partial charge in [-0.25, -0.2) is 4.98 Å². The number of pyridine rings is 1. The number of hydrogen-bond acceptors (Lipinski definition) is 3. The highest BCUT2D eigenvalue weighted by Crippen LogP contribution is 2.29. The minimum atomic E-state index is -0.345. The van der Waals surface area contributed by atoms with Crippen molar-refractivity contribution < 1.29 is 4.79 Å². The van der Waals surface area contributed by atoms with Gasteiger partial charge < -0.3 is 11.1 Å². The summed E-state index contributed by atoms with van der Waals surface area (Å²) in [5.41, 5.74) is 7.20. The van der Waals surface area contributed by atoms with E-state index in [0.29, 0.717) is 11.4 Å². The molecule has 1 aromatic heterocycles. The molecular weight excluding hydrogens is 285 g/mol. The number of benzene rings is 1. The van der Waals surface area contributed by atoms with Crippen LogP contribution in [0.25, 0.3) is 0 Å². The number of nitrogens with one attached hydrogen (secondary N) is 1. The van der Waals surface area contributed by atoms with Crippen molar-refractivity contribution in [2.24, 2.45) is 0 Å². The van der Waals surface area contributed by atoms with Crippen LogP contribution in [-0.2, 0) is 0 Å². The Bertz CT molecular complexity index is 621. The van der Waals surface area contributed by atoms with Gasteiger partial charge in [-0.15, -0.1) is 0 Å². The molecule has 1 amide bonds. The molecule has 0 aliphatic rings. The van der Waals surface area contributed by atoms with Crippen LogP contribution in [0.4, 0.5) is 11.5 Å². The van der Waals surface area contributed by atoms with Crippen molar-refractivity contribution >= 4 is 40.6 Å². The van der Waals surface area contributed by atoms with Crippen molar-refractivity contribution in [2.75, 3.05) is 11.1 Å². The number of halogens is 2. The predicted molar refractivity (Wildman–Crippen MR) is 77.8 cm³/mol. The lowest BCUT2D eigenvalue weighted by molar-refractivity contribution is 0.102. The van der Waals surface area contributed by atoms with E-state index in [2.05, 4.69) is 10.3 Å². The van der Waals surface area contributed by atoms with Gasteiger partial charge in [0.15, 0.2) is 0 Å². The zero-order valence-corrected chi connectivity index (χ0v) is 11.6. The zero-order valence-electron chi connectivity index (χ0n) is 10.1. The van der Waals surface area contributed by atoms with E-state index in [0.717, 1.165) is 5.56 Å². The van der Waals surface area contributed by atoms with E-state index in [4.69, 9.17) is 28.9 Å². The lowest BCUT2D eigenvalue weighted by Crippen LogP contribution is -2.13. The highest BCUT2D eigenvalue weighted by atomic mass is 35.5. The number of nitrogen functional groups attached to an aromatic ring is 1. The fourth-order valence-corrected chi connectivity index (χ4v) is 2.00. The third-order valence-electron chi connectivity index (χ3n) is 2.50. The topological polar surface area (TPSA) is 68.0 Å². The van der Waals surface area contributed by atoms with Crippen LogP contribution in [0.3, 0.4) is 0 Å². The van der Waals surface area contributed by atoms with E-state index >= 15 is 0 Å². The van der Waals surface area contributed by atoms with Gasteiger partial charge in [0.1, 0.15) is 5.82 Å². The number of aromatic nitrogens is 1. The molecule has 0 radical (unpaired) electrons. The van der Waals surface area contributed by atoms with E-state index in [-0.39, 0.29) is 21.6 Å². The number of aryl methyl sites for hydroxylation is 1. The maximum atomic E-state index is 12.0. The molecule has 2 rings (SSSR count). The molecule has 0 unspecified atom stereocenters. The number of carbonyl (C=O) groups excluding carboxylic acids is 1. The van der Waals surface area contributed by atoms with Crippen molar-refractivity contribution in [1.29, 1.82) is 0 Å². The Morgan fingerprint density at radius 2 is 1.89 bits per heavy atom. The lowest BCUT2D eigenvalue weighted by Gasteiger charge is -2.07. The monoisotopic (exact) mass is 295 g/mol. The number of hydrogen-bond donors (Lipinski definition) is 2. The number of anilines is 2. The van der Waals surface area contributed by atoms with Gasteiger partial charge >= 0.3 is 0 Å². The summed E-state index contributed by atoms with van der Waals surface area (Å²) in [7, 11) is 0. The van der Waals surface area contributed by atoms with Crippen LogP contribution in [0.1, 0.15) is 15.9 Å². The standard InChI is InChI=1S/C13H11Cl2N3O/c1-7-2-3-17-11(4-7)18-13(19)8-5-9(14)12(16)10(15)6-8/h2-6H,16H2,1H3,(H,17,18,19). The van der Waals surface area contributed by atoms with Crippen molar-refractivity contribution in [3.8, 4) is 0 Å². The first kappa shape index (κ1) is 13.6. The van der Waals surface area contributed by atoms with Gasteiger partial charge in [-0.05, 0) is 36.8 Å². The van der Waals surface area contributed by atoms with Crippen LogP contribution in [-0.4, -0.2) is 10.9 Å². The van der Waals surface area contributed by atoms with Crippen molar-refractivity contribution in [3.63, 3.8) is 0 Å². The highest BCUT2D eigenvalue weighted by Gasteiger charge is 2.11. The molecule has 2 aromatic rings. The zero-order chi connectivity index (χ0) is 14.0. The average molecular weight is 296 g/mol. The Morgan fingerprint density at radius 1 is 1.26 bits per heavy atom. The van der Waals surface area contributed by atoms with Crippen LogP contribution in [0.2, 0.25) is 10.0 Å². The molecule has 0 saturated carbocycles. The second-order valence-electron chi connectivity index (χ2n) is 4.03. The van der Waals surface area contributed by atoms with Gasteiger partial charge in [-0.2, -0.15) is 0 Å². The van der Waals surface area contributed by atoms with Crippen molar-refractivity contribution in [2.45, 2.75) is 6.92 Å². The molecule has 0 fully saturated rings. The molecule has 0 aliphatic carbocycles. The minimum absolute atomic E-state index is 0.245. The number of nitrogens with zero attached hydrogens (tertiary/aromatic N) is 1. The molecule has 1 aromatic carbocycles. The Hall–Kier alpha value is -1.78. The Labute approximate surface area is 120 Å². The second kappa shape index (κ2) is 5.47. The number of amides is 1. The molecule has 0 atom stereocenters. The van der Waals surface area contributed by atoms with Crippen LogP contribution < -0.4 is 11.1 Å². The smallest absolute Gasteiger partial charge is 0.256 e. The number of rotatable bonds is 2. The van der Waals surface area contributed by atoms with E-state index in [1.807, 2.05) is 13.0 Å². The Kier molecular flexibility index (Phi) is 3.93. The van der Waals surface area contributed by atoms with Crippen LogP contribution in [0, 0.1) is 6.92 Å². The molecular formula is C13H11Cl2N3O. The molecule has 6 heteroatoms. The third kappa shape index (κ3) is 3.16. The molecule has 0 bridgehead atoms. The largest absolute Gasteiger partial charge is 0.396 e. The van der Waals surface area contributed by atoms with Gasteiger partial charge in [0.2, 0.25) is 0 Å². The first-order chi connectivity index (χ1) is 8.97. The molecule has 0 aliphatic heterocycles. The average Bonchev–Trinajstić information content (AvgIpc) is 2.35. The summed E-state index contributed by atoms with van der Waals surface area (Å²) < 4.78 is 0. The molecule has 0 saturated heterocycles. The first-order valence-electron chi connectivity index (χ1n) is 5.46. The maximum Gasteiger partial charge on any atom is 0.256 e. The first-order valence-corrected chi connectivity index (χ1v) is 6.21. The summed E-state index contributed by atoms with van der Waals surface area (Å²) >= 11 is 11.8. The van der Waals surface area contributed by atoms with E-state index in [1.165, 1.54) is 12.1 Å². The molecule has 4 nitrogen and oxygen atoms in total. The molecule has 0 spiro atoms. The van der Waals surface area contributed by atoms with Gasteiger partial charge in [0, 0.05) is 11.8 Å².